The van der Waals surface area contributed by atoms with Crippen molar-refractivity contribution in [2.24, 2.45) is 0 Å². The van der Waals surface area contributed by atoms with Crippen molar-refractivity contribution in [1.82, 2.24) is 29.2 Å². The number of ether oxygens (including phenoxy) is 1. The summed E-state index contributed by atoms with van der Waals surface area (Å²) in [6.07, 6.45) is 2.17. The average Bonchev–Trinajstić information content (AvgIpc) is 3.46. The molecule has 0 bridgehead atoms. The molecule has 2 amide bonds. The van der Waals surface area contributed by atoms with E-state index in [1.54, 1.807) is 17.0 Å². The van der Waals surface area contributed by atoms with Crippen LogP contribution in [0.4, 0.5) is 4.79 Å². The first-order valence-corrected chi connectivity index (χ1v) is 17.7. The zero-order chi connectivity index (χ0) is 33.4. The summed E-state index contributed by atoms with van der Waals surface area (Å²) in [4.78, 5) is 52.1. The first-order valence-electron chi connectivity index (χ1n) is 17.0. The summed E-state index contributed by atoms with van der Waals surface area (Å²) in [5.74, 6) is -0.190. The first kappa shape index (κ1) is 33.0. The average molecular weight is 694 g/mol. The van der Waals surface area contributed by atoms with Crippen molar-refractivity contribution in [3.8, 4) is 0 Å². The van der Waals surface area contributed by atoms with Crippen LogP contribution in [-0.2, 0) is 16.0 Å². The monoisotopic (exact) mass is 692 g/mol. The Labute approximate surface area is 290 Å². The van der Waals surface area contributed by atoms with Crippen LogP contribution >= 0.6 is 23.2 Å². The number of imidazole rings is 1. The van der Waals surface area contributed by atoms with E-state index in [1.807, 2.05) is 51.9 Å². The maximum atomic E-state index is 14.0. The molecular formula is C36H42Cl2N6O4. The van der Waals surface area contributed by atoms with E-state index in [4.69, 9.17) is 27.9 Å². The van der Waals surface area contributed by atoms with Crippen LogP contribution in [0.2, 0.25) is 10.0 Å². The van der Waals surface area contributed by atoms with Crippen LogP contribution in [-0.4, -0.2) is 113 Å². The molecule has 0 radical (unpaired) electrons. The minimum atomic E-state index is -0.994. The number of carbonyl (C=O) groups excluding carboxylic acids is 2. The molecule has 3 saturated heterocycles. The molecule has 3 aromatic carbocycles. The molecule has 7 rings (SSSR count). The zero-order valence-corrected chi connectivity index (χ0v) is 28.8. The number of fused-ring (bicyclic) bond motifs is 3. The van der Waals surface area contributed by atoms with Crippen molar-refractivity contribution >= 4 is 57.0 Å². The van der Waals surface area contributed by atoms with Crippen LogP contribution in [0.25, 0.3) is 21.8 Å². The highest BCUT2D eigenvalue weighted by atomic mass is 35.5. The molecule has 0 spiro atoms. The summed E-state index contributed by atoms with van der Waals surface area (Å²) in [7, 11) is 2.16. The van der Waals surface area contributed by atoms with E-state index in [9.17, 15) is 14.4 Å². The van der Waals surface area contributed by atoms with Gasteiger partial charge in [0, 0.05) is 63.2 Å². The van der Waals surface area contributed by atoms with E-state index in [0.717, 1.165) is 66.4 Å². The van der Waals surface area contributed by atoms with Gasteiger partial charge >= 0.3 is 11.8 Å². The number of amides is 2. The molecule has 1 aromatic heterocycles. The van der Waals surface area contributed by atoms with Crippen LogP contribution in [0.15, 0.2) is 59.4 Å². The number of carbonyl (C=O) groups is 2. The van der Waals surface area contributed by atoms with Crippen molar-refractivity contribution in [1.29, 1.82) is 0 Å². The molecule has 1 N–H and O–H groups in total. The molecule has 4 aromatic rings. The van der Waals surface area contributed by atoms with E-state index in [2.05, 4.69) is 21.8 Å². The normalized spacial score (nSPS) is 19.6. The van der Waals surface area contributed by atoms with Gasteiger partial charge in [-0.05, 0) is 75.0 Å². The lowest BCUT2D eigenvalue weighted by Gasteiger charge is -2.42. The van der Waals surface area contributed by atoms with E-state index < -0.39 is 12.2 Å². The zero-order valence-electron chi connectivity index (χ0n) is 27.2. The molecule has 1 atom stereocenters. The second kappa shape index (κ2) is 14.1. The van der Waals surface area contributed by atoms with E-state index in [-0.39, 0.29) is 24.1 Å². The number of aromatic amines is 1. The van der Waals surface area contributed by atoms with Gasteiger partial charge in [-0.15, -0.1) is 0 Å². The van der Waals surface area contributed by atoms with E-state index >= 15 is 0 Å². The lowest BCUT2D eigenvalue weighted by atomic mass is 10.0. The Morgan fingerprint density at radius 1 is 0.833 bits per heavy atom. The number of piperidine rings is 2. The van der Waals surface area contributed by atoms with Crippen molar-refractivity contribution in [2.75, 3.05) is 59.4 Å². The number of hydrogen-bond acceptors (Lipinski definition) is 6. The number of nitrogens with one attached hydrogen (secondary N) is 1. The summed E-state index contributed by atoms with van der Waals surface area (Å²) in [5, 5.41) is 2.89. The largest absolute Gasteiger partial charge is 0.436 e. The van der Waals surface area contributed by atoms with E-state index in [1.165, 1.54) is 0 Å². The number of halogens is 2. The number of aromatic nitrogens is 2. The van der Waals surface area contributed by atoms with Gasteiger partial charge in [0.05, 0.1) is 21.1 Å². The fourth-order valence-electron chi connectivity index (χ4n) is 7.67. The highest BCUT2D eigenvalue weighted by molar-refractivity contribution is 6.42. The highest BCUT2D eigenvalue weighted by Gasteiger charge is 2.35. The molecular weight excluding hydrogens is 651 g/mol. The standard InChI is InChI=1S/C36H42Cl2N6O4/c1-40-14-10-26(11-15-40)41-18-20-42(21-19-41)34(45)32(23-24-6-8-29(37)30(38)22-24)48-36(47)43-16-12-27(13-17-43)44-31-9-7-25-4-2-3-5-28(25)33(31)39-35(44)46/h2-9,22,26-27,32H,10-21,23H2,1H3,(H,39,46). The summed E-state index contributed by atoms with van der Waals surface area (Å²) in [5.41, 5.74) is 2.31. The Bertz CT molecular complexity index is 1850. The van der Waals surface area contributed by atoms with Gasteiger partial charge in [-0.25, -0.2) is 9.59 Å². The Morgan fingerprint density at radius 2 is 1.54 bits per heavy atom. The summed E-state index contributed by atoms with van der Waals surface area (Å²) < 4.78 is 7.85. The highest BCUT2D eigenvalue weighted by Crippen LogP contribution is 2.30. The third-order valence-corrected chi connectivity index (χ3v) is 11.2. The Hall–Kier alpha value is -3.57. The fourth-order valence-corrected chi connectivity index (χ4v) is 7.99. The predicted molar refractivity (Wildman–Crippen MR) is 189 cm³/mol. The van der Waals surface area contributed by atoms with Crippen LogP contribution in [0, 0.1) is 0 Å². The van der Waals surface area contributed by atoms with Crippen LogP contribution in [0.5, 0.6) is 0 Å². The molecule has 10 nitrogen and oxygen atoms in total. The molecule has 3 fully saturated rings. The Kier molecular flexibility index (Phi) is 9.69. The molecule has 3 aliphatic heterocycles. The number of hydrogen-bond donors (Lipinski definition) is 1. The fraction of sp³-hybridized carbons (Fsp3) is 0.472. The van der Waals surface area contributed by atoms with Gasteiger partial charge in [-0.2, -0.15) is 0 Å². The van der Waals surface area contributed by atoms with Crippen molar-refractivity contribution < 1.29 is 14.3 Å². The number of benzene rings is 3. The lowest BCUT2D eigenvalue weighted by molar-refractivity contribution is -0.143. The van der Waals surface area contributed by atoms with Crippen molar-refractivity contribution in [3.05, 3.63) is 80.7 Å². The van der Waals surface area contributed by atoms with Gasteiger partial charge in [0.25, 0.3) is 5.91 Å². The molecule has 12 heteroatoms. The van der Waals surface area contributed by atoms with Crippen LogP contribution < -0.4 is 5.69 Å². The third-order valence-electron chi connectivity index (χ3n) is 10.5. The molecule has 4 heterocycles. The topological polar surface area (TPSA) is 94.1 Å². The molecule has 254 valence electrons. The number of H-pyrrole nitrogens is 1. The summed E-state index contributed by atoms with van der Waals surface area (Å²) in [6.45, 7) is 5.84. The van der Waals surface area contributed by atoms with Gasteiger partial charge in [0.2, 0.25) is 0 Å². The predicted octanol–water partition coefficient (Wildman–Crippen LogP) is 5.41. The minimum Gasteiger partial charge on any atom is -0.436 e. The third kappa shape index (κ3) is 6.81. The van der Waals surface area contributed by atoms with Gasteiger partial charge in [-0.3, -0.25) is 14.3 Å². The molecule has 0 aliphatic carbocycles. The van der Waals surface area contributed by atoms with E-state index in [0.29, 0.717) is 55.1 Å². The molecule has 1 unspecified atom stereocenters. The van der Waals surface area contributed by atoms with Crippen molar-refractivity contribution in [2.45, 2.75) is 50.3 Å². The van der Waals surface area contributed by atoms with Gasteiger partial charge in [0.1, 0.15) is 0 Å². The molecule has 48 heavy (non-hydrogen) atoms. The summed E-state index contributed by atoms with van der Waals surface area (Å²) in [6, 6.07) is 17.7. The smallest absolute Gasteiger partial charge is 0.410 e. The lowest BCUT2D eigenvalue weighted by Crippen LogP contribution is -2.56. The minimum absolute atomic E-state index is 0.0639. The number of piperazine rings is 1. The van der Waals surface area contributed by atoms with Gasteiger partial charge in [0.15, 0.2) is 6.10 Å². The van der Waals surface area contributed by atoms with Crippen molar-refractivity contribution in [3.63, 3.8) is 0 Å². The Morgan fingerprint density at radius 3 is 2.27 bits per heavy atom. The maximum absolute atomic E-state index is 14.0. The SMILES string of the molecule is CN1CCC(N2CCN(C(=O)C(Cc3ccc(Cl)c(Cl)c3)OC(=O)N3CCC(n4c(=O)[nH]c5c6ccccc6ccc54)CC3)CC2)CC1. The Balaban J connectivity index is 1.02. The number of nitrogens with zero attached hydrogens (tertiary/aromatic N) is 5. The van der Waals surface area contributed by atoms with Gasteiger partial charge < -0.3 is 24.4 Å². The number of rotatable bonds is 6. The number of likely N-dealkylation sites (tertiary alicyclic amines) is 2. The molecule has 3 aliphatic rings. The molecule has 0 saturated carbocycles. The first-order chi connectivity index (χ1) is 23.2. The van der Waals surface area contributed by atoms with Crippen LogP contribution in [0.1, 0.15) is 37.3 Å². The maximum Gasteiger partial charge on any atom is 0.410 e. The summed E-state index contributed by atoms with van der Waals surface area (Å²) >= 11 is 12.5. The second-order valence-corrected chi connectivity index (χ2v) is 14.2. The van der Waals surface area contributed by atoms with Gasteiger partial charge in [-0.1, -0.05) is 59.6 Å². The quantitative estimate of drug-likeness (QED) is 0.291. The van der Waals surface area contributed by atoms with Crippen LogP contribution in [0.3, 0.4) is 0 Å². The second-order valence-electron chi connectivity index (χ2n) is 13.4.